The molecule has 0 radical (unpaired) electrons. The third-order valence-electron chi connectivity index (χ3n) is 1.74. The maximum Gasteiger partial charge on any atom is 0.255 e. The van der Waals surface area contributed by atoms with E-state index in [4.69, 9.17) is 10.2 Å². The van der Waals surface area contributed by atoms with E-state index in [1.807, 2.05) is 0 Å². The minimum atomic E-state index is -2.21. The second kappa shape index (κ2) is 2.53. The molecule has 1 rings (SSSR count). The summed E-state index contributed by atoms with van der Waals surface area (Å²) >= 11 is 0. The van der Waals surface area contributed by atoms with E-state index >= 15 is 0 Å². The van der Waals surface area contributed by atoms with E-state index in [1.165, 1.54) is 0 Å². The molecular weight excluding hydrogens is 152 g/mol. The molecule has 0 aromatic heterocycles. The highest BCUT2D eigenvalue weighted by atomic mass is 16.7. The number of ketones is 1. The minimum absolute atomic E-state index is 0.225. The van der Waals surface area contributed by atoms with Crippen molar-refractivity contribution in [3.8, 4) is 0 Å². The molecule has 64 valence electrons. The van der Waals surface area contributed by atoms with Crippen molar-refractivity contribution in [1.29, 1.82) is 0 Å². The molecule has 1 aliphatic heterocycles. The first kappa shape index (κ1) is 8.61. The predicted octanol–water partition coefficient (Wildman–Crippen LogP) is -1.98. The summed E-state index contributed by atoms with van der Waals surface area (Å²) in [7, 11) is 0. The first-order valence-corrected chi connectivity index (χ1v) is 3.22. The van der Waals surface area contributed by atoms with Gasteiger partial charge in [0.2, 0.25) is 0 Å². The molecule has 5 heteroatoms. The van der Waals surface area contributed by atoms with Crippen molar-refractivity contribution in [3.05, 3.63) is 0 Å². The zero-order valence-corrected chi connectivity index (χ0v) is 6.02. The van der Waals surface area contributed by atoms with E-state index in [0.717, 1.165) is 6.92 Å². The lowest BCUT2D eigenvalue weighted by Crippen LogP contribution is -2.48. The Hall–Kier alpha value is -0.490. The smallest absolute Gasteiger partial charge is 0.255 e. The molecule has 0 saturated carbocycles. The topological polar surface area (TPSA) is 87.0 Å². The summed E-state index contributed by atoms with van der Waals surface area (Å²) in [5, 5.41) is 27.2. The van der Waals surface area contributed by atoms with Gasteiger partial charge in [-0.2, -0.15) is 0 Å². The summed E-state index contributed by atoms with van der Waals surface area (Å²) in [5.74, 6) is -2.92. The van der Waals surface area contributed by atoms with E-state index in [-0.39, 0.29) is 6.61 Å². The molecule has 1 aliphatic rings. The van der Waals surface area contributed by atoms with Crippen molar-refractivity contribution >= 4 is 5.78 Å². The van der Waals surface area contributed by atoms with Crippen LogP contribution in [0.3, 0.4) is 0 Å². The quantitative estimate of drug-likeness (QED) is 0.415. The maximum absolute atomic E-state index is 10.7. The van der Waals surface area contributed by atoms with Crippen LogP contribution >= 0.6 is 0 Å². The van der Waals surface area contributed by atoms with Crippen LogP contribution in [0.5, 0.6) is 0 Å². The number of aliphatic hydroxyl groups is 3. The number of ether oxygens (including phenoxy) is 1. The van der Waals surface area contributed by atoms with Gasteiger partial charge in [-0.25, -0.2) is 0 Å². The number of hydrogen-bond acceptors (Lipinski definition) is 5. The summed E-state index contributed by atoms with van der Waals surface area (Å²) in [6.45, 7) is 0.860. The van der Waals surface area contributed by atoms with Gasteiger partial charge in [-0.15, -0.1) is 0 Å². The Morgan fingerprint density at radius 2 is 2.18 bits per heavy atom. The van der Waals surface area contributed by atoms with Gasteiger partial charge in [0.25, 0.3) is 5.79 Å². The van der Waals surface area contributed by atoms with Gasteiger partial charge in [0.05, 0.1) is 6.61 Å². The molecule has 0 bridgehead atoms. The highest BCUT2D eigenvalue weighted by Crippen LogP contribution is 2.24. The van der Waals surface area contributed by atoms with Gasteiger partial charge in [-0.05, 0) is 0 Å². The molecule has 0 spiro atoms. The number of Topliss-reactive ketones (excluding diaryl/α,β-unsaturated/α-hetero) is 1. The second-order valence-corrected chi connectivity index (χ2v) is 2.58. The standard InChI is InChI=1S/C6H10O5/c1-3(7)6(10)5(9)4(8)2-11-6/h4-5,8-10H,2H2,1H3. The number of carbonyl (C=O) groups excluding carboxylic acids is 1. The molecule has 0 aromatic carbocycles. The van der Waals surface area contributed by atoms with Crippen molar-refractivity contribution in [2.75, 3.05) is 6.61 Å². The molecule has 5 nitrogen and oxygen atoms in total. The van der Waals surface area contributed by atoms with Gasteiger partial charge in [0.1, 0.15) is 12.2 Å². The zero-order valence-electron chi connectivity index (χ0n) is 6.02. The predicted molar refractivity (Wildman–Crippen MR) is 33.6 cm³/mol. The molecular formula is C6H10O5. The van der Waals surface area contributed by atoms with Gasteiger partial charge in [-0.3, -0.25) is 4.79 Å². The minimum Gasteiger partial charge on any atom is -0.388 e. The van der Waals surface area contributed by atoms with Gasteiger partial charge >= 0.3 is 0 Å². The molecule has 1 saturated heterocycles. The fourth-order valence-electron chi connectivity index (χ4n) is 0.960. The average Bonchev–Trinajstić information content (AvgIpc) is 2.18. The molecule has 11 heavy (non-hydrogen) atoms. The van der Waals surface area contributed by atoms with Crippen LogP contribution in [0.25, 0.3) is 0 Å². The van der Waals surface area contributed by atoms with Gasteiger partial charge in [-0.1, -0.05) is 0 Å². The highest BCUT2D eigenvalue weighted by Gasteiger charge is 2.51. The fourth-order valence-corrected chi connectivity index (χ4v) is 0.960. The molecule has 0 amide bonds. The summed E-state index contributed by atoms with van der Waals surface area (Å²) in [4.78, 5) is 10.7. The molecule has 0 aromatic rings. The van der Waals surface area contributed by atoms with E-state index in [1.54, 1.807) is 0 Å². The second-order valence-electron chi connectivity index (χ2n) is 2.58. The van der Waals surface area contributed by atoms with Crippen LogP contribution in [0.1, 0.15) is 6.92 Å². The maximum atomic E-state index is 10.7. The van der Waals surface area contributed by atoms with Crippen LogP contribution in [-0.2, 0) is 9.53 Å². The molecule has 3 atom stereocenters. The third-order valence-corrected chi connectivity index (χ3v) is 1.74. The van der Waals surface area contributed by atoms with Crippen LogP contribution in [0.4, 0.5) is 0 Å². The summed E-state index contributed by atoms with van der Waals surface area (Å²) in [6.07, 6.45) is -2.73. The van der Waals surface area contributed by atoms with Crippen LogP contribution in [-0.4, -0.2) is 45.7 Å². The van der Waals surface area contributed by atoms with Gasteiger partial charge < -0.3 is 20.1 Å². The Morgan fingerprint density at radius 1 is 1.64 bits per heavy atom. The molecule has 0 aliphatic carbocycles. The first-order chi connectivity index (χ1) is 4.98. The van der Waals surface area contributed by atoms with E-state index in [0.29, 0.717) is 0 Å². The average molecular weight is 162 g/mol. The summed E-state index contributed by atoms with van der Waals surface area (Å²) < 4.78 is 4.53. The SMILES string of the molecule is CC(=O)C1(O)OCC(O)C1O. The molecule has 1 heterocycles. The van der Waals surface area contributed by atoms with Crippen molar-refractivity contribution in [2.45, 2.75) is 24.9 Å². The lowest BCUT2D eigenvalue weighted by atomic mass is 10.1. The lowest BCUT2D eigenvalue weighted by Gasteiger charge is -2.21. The molecule has 3 N–H and O–H groups in total. The number of rotatable bonds is 1. The Kier molecular flexibility index (Phi) is 1.98. The fraction of sp³-hybridized carbons (Fsp3) is 0.833. The number of hydrogen-bond donors (Lipinski definition) is 3. The first-order valence-electron chi connectivity index (χ1n) is 3.22. The Bertz CT molecular complexity index is 180. The summed E-state index contributed by atoms with van der Waals surface area (Å²) in [6, 6.07) is 0. The molecule has 1 fully saturated rings. The van der Waals surface area contributed by atoms with Crippen LogP contribution in [0, 0.1) is 0 Å². The Balaban J connectivity index is 2.81. The third kappa shape index (κ3) is 1.16. The molecule has 3 unspecified atom stereocenters. The normalized spacial score (nSPS) is 44.4. The van der Waals surface area contributed by atoms with Crippen LogP contribution in [0.15, 0.2) is 0 Å². The van der Waals surface area contributed by atoms with Crippen molar-refractivity contribution in [2.24, 2.45) is 0 Å². The van der Waals surface area contributed by atoms with Gasteiger partial charge in [0, 0.05) is 6.92 Å². The monoisotopic (exact) mass is 162 g/mol. The van der Waals surface area contributed by atoms with Gasteiger partial charge in [0.15, 0.2) is 5.78 Å². The van der Waals surface area contributed by atoms with Crippen molar-refractivity contribution in [3.63, 3.8) is 0 Å². The van der Waals surface area contributed by atoms with Crippen molar-refractivity contribution < 1.29 is 24.9 Å². The zero-order chi connectivity index (χ0) is 8.65. The Morgan fingerprint density at radius 3 is 2.36 bits per heavy atom. The lowest BCUT2D eigenvalue weighted by molar-refractivity contribution is -0.211. The van der Waals surface area contributed by atoms with E-state index < -0.39 is 23.8 Å². The largest absolute Gasteiger partial charge is 0.388 e. The van der Waals surface area contributed by atoms with Crippen LogP contribution < -0.4 is 0 Å². The number of aliphatic hydroxyl groups excluding tert-OH is 2. The summed E-state index contributed by atoms with van der Waals surface area (Å²) in [5.41, 5.74) is 0. The highest BCUT2D eigenvalue weighted by molar-refractivity contribution is 5.84. The van der Waals surface area contributed by atoms with E-state index in [9.17, 15) is 9.90 Å². The number of carbonyl (C=O) groups is 1. The Labute approximate surface area is 63.2 Å². The van der Waals surface area contributed by atoms with Crippen molar-refractivity contribution in [1.82, 2.24) is 0 Å². The van der Waals surface area contributed by atoms with E-state index in [2.05, 4.69) is 4.74 Å². The van der Waals surface area contributed by atoms with Crippen LogP contribution in [0.2, 0.25) is 0 Å².